The first-order valence-electron chi connectivity index (χ1n) is 11.7. The zero-order valence-corrected chi connectivity index (χ0v) is 22.9. The Morgan fingerprint density at radius 1 is 1.11 bits per heavy atom. The molecular weight excluding hydrogens is 575 g/mol. The van der Waals surface area contributed by atoms with Gasteiger partial charge in [0.1, 0.15) is 12.6 Å². The van der Waals surface area contributed by atoms with E-state index in [0.717, 1.165) is 48.5 Å². The SMILES string of the molecule is C[C@@H](C(=O)NC1CCCC1)N(Cc1ccc(Br)cc1)C(=O)CN(c1cccc(C(F)(F)F)c1)S(C)(=O)=O. The van der Waals surface area contributed by atoms with Crippen molar-refractivity contribution in [2.75, 3.05) is 17.1 Å². The van der Waals surface area contributed by atoms with Crippen molar-refractivity contribution in [2.45, 2.75) is 57.4 Å². The van der Waals surface area contributed by atoms with Gasteiger partial charge in [-0.05, 0) is 55.7 Å². The first-order valence-corrected chi connectivity index (χ1v) is 14.4. The first-order chi connectivity index (χ1) is 17.3. The molecule has 12 heteroatoms. The van der Waals surface area contributed by atoms with E-state index in [4.69, 9.17) is 0 Å². The summed E-state index contributed by atoms with van der Waals surface area (Å²) in [5, 5.41) is 2.95. The van der Waals surface area contributed by atoms with Crippen molar-refractivity contribution in [1.29, 1.82) is 0 Å². The number of nitrogens with zero attached hydrogens (tertiary/aromatic N) is 2. The molecule has 0 aliphatic heterocycles. The van der Waals surface area contributed by atoms with Crippen LogP contribution in [-0.2, 0) is 32.3 Å². The van der Waals surface area contributed by atoms with Gasteiger partial charge in [0.2, 0.25) is 21.8 Å². The number of hydrogen-bond acceptors (Lipinski definition) is 4. The summed E-state index contributed by atoms with van der Waals surface area (Å²) >= 11 is 3.34. The maximum Gasteiger partial charge on any atom is 0.416 e. The summed E-state index contributed by atoms with van der Waals surface area (Å²) in [6.45, 7) is 0.791. The van der Waals surface area contributed by atoms with Crippen LogP contribution in [0.25, 0.3) is 0 Å². The molecule has 0 radical (unpaired) electrons. The summed E-state index contributed by atoms with van der Waals surface area (Å²) in [4.78, 5) is 27.8. The fourth-order valence-corrected chi connectivity index (χ4v) is 5.32. The molecule has 3 rings (SSSR count). The van der Waals surface area contributed by atoms with Crippen LogP contribution < -0.4 is 9.62 Å². The molecule has 0 aromatic heterocycles. The van der Waals surface area contributed by atoms with E-state index < -0.39 is 40.3 Å². The molecule has 2 aromatic carbocycles. The third-order valence-electron chi connectivity index (χ3n) is 6.28. The Morgan fingerprint density at radius 2 is 1.73 bits per heavy atom. The summed E-state index contributed by atoms with van der Waals surface area (Å²) in [7, 11) is -4.14. The number of anilines is 1. The van der Waals surface area contributed by atoms with Crippen LogP contribution >= 0.6 is 15.9 Å². The molecule has 1 atom stereocenters. The van der Waals surface area contributed by atoms with E-state index >= 15 is 0 Å². The lowest BCUT2D eigenvalue weighted by atomic mass is 10.1. The lowest BCUT2D eigenvalue weighted by molar-refractivity contribution is -0.139. The highest BCUT2D eigenvalue weighted by Gasteiger charge is 2.34. The third kappa shape index (κ3) is 7.94. The van der Waals surface area contributed by atoms with Crippen LogP contribution in [0.2, 0.25) is 0 Å². The van der Waals surface area contributed by atoms with E-state index in [0.29, 0.717) is 15.9 Å². The minimum absolute atomic E-state index is 0.00552. The fraction of sp³-hybridized carbons (Fsp3) is 0.440. The van der Waals surface area contributed by atoms with Gasteiger partial charge < -0.3 is 10.2 Å². The summed E-state index contributed by atoms with van der Waals surface area (Å²) < 4.78 is 66.4. The molecule has 0 unspecified atom stereocenters. The summed E-state index contributed by atoms with van der Waals surface area (Å²) in [6.07, 6.45) is -0.186. The van der Waals surface area contributed by atoms with Crippen molar-refractivity contribution in [3.05, 3.63) is 64.1 Å². The topological polar surface area (TPSA) is 86.8 Å². The first kappa shape index (κ1) is 29.0. The van der Waals surface area contributed by atoms with Gasteiger partial charge in [-0.2, -0.15) is 13.2 Å². The Balaban J connectivity index is 1.91. The molecule has 1 aliphatic rings. The van der Waals surface area contributed by atoms with Crippen molar-refractivity contribution >= 4 is 43.5 Å². The molecule has 7 nitrogen and oxygen atoms in total. The number of hydrogen-bond donors (Lipinski definition) is 1. The molecule has 1 aliphatic carbocycles. The standard InChI is InChI=1S/C25H29BrF3N3O4S/c1-17(24(34)30-21-7-3-4-8-21)31(15-18-10-12-20(26)13-11-18)23(33)16-32(37(2,35)36)22-9-5-6-19(14-22)25(27,28)29/h5-6,9-14,17,21H,3-4,7-8,15-16H2,1-2H3,(H,30,34)/t17-/m0/s1. The van der Waals surface area contributed by atoms with Crippen LogP contribution in [0.15, 0.2) is 53.0 Å². The predicted molar refractivity (Wildman–Crippen MR) is 138 cm³/mol. The van der Waals surface area contributed by atoms with Gasteiger partial charge in [0.05, 0.1) is 17.5 Å². The van der Waals surface area contributed by atoms with Crippen molar-refractivity contribution in [3.8, 4) is 0 Å². The van der Waals surface area contributed by atoms with Crippen molar-refractivity contribution in [2.24, 2.45) is 0 Å². The van der Waals surface area contributed by atoms with Gasteiger partial charge >= 0.3 is 6.18 Å². The molecule has 1 saturated carbocycles. The van der Waals surface area contributed by atoms with E-state index in [9.17, 15) is 31.2 Å². The van der Waals surface area contributed by atoms with Crippen LogP contribution in [0.5, 0.6) is 0 Å². The summed E-state index contributed by atoms with van der Waals surface area (Å²) in [5.74, 6) is -1.10. The number of rotatable bonds is 9. The molecule has 1 fully saturated rings. The van der Waals surface area contributed by atoms with Gasteiger partial charge in [-0.3, -0.25) is 13.9 Å². The molecule has 2 aromatic rings. The monoisotopic (exact) mass is 603 g/mol. The van der Waals surface area contributed by atoms with Gasteiger partial charge in [-0.25, -0.2) is 8.42 Å². The minimum Gasteiger partial charge on any atom is -0.352 e. The average molecular weight is 604 g/mol. The van der Waals surface area contributed by atoms with Gasteiger partial charge in [0.15, 0.2) is 0 Å². The summed E-state index contributed by atoms with van der Waals surface area (Å²) in [6, 6.07) is 9.90. The van der Waals surface area contributed by atoms with E-state index in [1.54, 1.807) is 31.2 Å². The second-order valence-corrected chi connectivity index (χ2v) is 12.0. The normalized spacial score (nSPS) is 15.3. The van der Waals surface area contributed by atoms with Crippen LogP contribution in [0, 0.1) is 0 Å². The number of amides is 2. The van der Waals surface area contributed by atoms with Crippen LogP contribution in [0.3, 0.4) is 0 Å². The van der Waals surface area contributed by atoms with E-state index in [1.807, 2.05) is 0 Å². The largest absolute Gasteiger partial charge is 0.416 e. The molecule has 0 saturated heterocycles. The van der Waals surface area contributed by atoms with E-state index in [1.165, 1.54) is 11.0 Å². The zero-order chi connectivity index (χ0) is 27.4. The highest BCUT2D eigenvalue weighted by Crippen LogP contribution is 2.32. The number of alkyl halides is 3. The molecule has 2 amide bonds. The summed E-state index contributed by atoms with van der Waals surface area (Å²) in [5.41, 5.74) is -0.638. The zero-order valence-electron chi connectivity index (χ0n) is 20.5. The second-order valence-electron chi connectivity index (χ2n) is 9.13. The van der Waals surface area contributed by atoms with Crippen molar-refractivity contribution in [3.63, 3.8) is 0 Å². The van der Waals surface area contributed by atoms with Crippen LogP contribution in [0.4, 0.5) is 18.9 Å². The number of carbonyl (C=O) groups is 2. The second kappa shape index (κ2) is 11.8. The molecule has 1 N–H and O–H groups in total. The van der Waals surface area contributed by atoms with Crippen LogP contribution in [-0.4, -0.2) is 50.0 Å². The number of halogens is 4. The smallest absolute Gasteiger partial charge is 0.352 e. The lowest BCUT2D eigenvalue weighted by Gasteiger charge is -2.32. The van der Waals surface area contributed by atoms with Crippen LogP contribution in [0.1, 0.15) is 43.7 Å². The highest BCUT2D eigenvalue weighted by molar-refractivity contribution is 9.10. The number of benzene rings is 2. The number of carbonyl (C=O) groups excluding carboxylic acids is 2. The van der Waals surface area contributed by atoms with E-state index in [-0.39, 0.29) is 24.2 Å². The maximum atomic E-state index is 13.5. The van der Waals surface area contributed by atoms with Gasteiger partial charge in [-0.15, -0.1) is 0 Å². The number of sulfonamides is 1. The fourth-order valence-electron chi connectivity index (χ4n) is 4.21. The van der Waals surface area contributed by atoms with E-state index in [2.05, 4.69) is 21.2 Å². The molecule has 37 heavy (non-hydrogen) atoms. The quantitative estimate of drug-likeness (QED) is 0.450. The van der Waals surface area contributed by atoms with Crippen molar-refractivity contribution in [1.82, 2.24) is 10.2 Å². The highest BCUT2D eigenvalue weighted by atomic mass is 79.9. The Kier molecular flexibility index (Phi) is 9.27. The Bertz CT molecular complexity index is 1220. The molecule has 202 valence electrons. The molecule has 0 bridgehead atoms. The molecule has 0 heterocycles. The average Bonchev–Trinajstić information content (AvgIpc) is 3.33. The van der Waals surface area contributed by atoms with Gasteiger partial charge in [-0.1, -0.05) is 47.0 Å². The Hall–Kier alpha value is -2.60. The number of nitrogens with one attached hydrogen (secondary N) is 1. The van der Waals surface area contributed by atoms with Gasteiger partial charge in [0.25, 0.3) is 0 Å². The van der Waals surface area contributed by atoms with Crippen molar-refractivity contribution < 1.29 is 31.2 Å². The Morgan fingerprint density at radius 3 is 2.30 bits per heavy atom. The predicted octanol–water partition coefficient (Wildman–Crippen LogP) is 4.71. The molecular formula is C25H29BrF3N3O4S. The van der Waals surface area contributed by atoms with Gasteiger partial charge in [0, 0.05) is 17.1 Å². The molecule has 0 spiro atoms. The minimum atomic E-state index is -4.69. The lowest BCUT2D eigenvalue weighted by Crippen LogP contribution is -2.52. The maximum absolute atomic E-state index is 13.5. The Labute approximate surface area is 223 Å². The third-order valence-corrected chi connectivity index (χ3v) is 7.94.